The van der Waals surface area contributed by atoms with Crippen molar-refractivity contribution in [3.8, 4) is 0 Å². The van der Waals surface area contributed by atoms with E-state index in [0.29, 0.717) is 37.3 Å². The van der Waals surface area contributed by atoms with Crippen molar-refractivity contribution >= 4 is 22.5 Å². The van der Waals surface area contributed by atoms with E-state index in [1.54, 1.807) is 11.8 Å². The van der Waals surface area contributed by atoms with E-state index in [-0.39, 0.29) is 10.9 Å². The number of nitrogens with zero attached hydrogens (tertiary/aromatic N) is 2. The van der Waals surface area contributed by atoms with E-state index in [9.17, 15) is 13.4 Å². The average Bonchev–Trinajstić information content (AvgIpc) is 3.05. The van der Waals surface area contributed by atoms with Crippen LogP contribution < -0.4 is 5.32 Å². The van der Waals surface area contributed by atoms with Crippen LogP contribution in [0, 0.1) is 18.7 Å². The first-order valence-corrected chi connectivity index (χ1v) is 9.77. The zero-order valence-corrected chi connectivity index (χ0v) is 15.9. The van der Waals surface area contributed by atoms with Gasteiger partial charge in [0.05, 0.1) is 10.8 Å². The third kappa shape index (κ3) is 4.18. The summed E-state index contributed by atoms with van der Waals surface area (Å²) in [5.41, 5.74) is 1.06. The molecular formula is C18H21F2N3O3S. The van der Waals surface area contributed by atoms with Gasteiger partial charge in [0, 0.05) is 23.9 Å². The number of likely N-dealkylation sites (tertiary alicyclic amines) is 1. The van der Waals surface area contributed by atoms with Crippen LogP contribution in [0.15, 0.2) is 39.9 Å². The predicted molar refractivity (Wildman–Crippen MR) is 96.9 cm³/mol. The number of urea groups is 1. The summed E-state index contributed by atoms with van der Waals surface area (Å²) in [7, 11) is -2.00. The number of halogens is 2. The van der Waals surface area contributed by atoms with Crippen LogP contribution in [0.2, 0.25) is 0 Å². The smallest absolute Gasteiger partial charge is 0.321 e. The van der Waals surface area contributed by atoms with Crippen molar-refractivity contribution in [1.29, 1.82) is 0 Å². The fraction of sp³-hybridized carbons (Fsp3) is 0.444. The minimum absolute atomic E-state index is 0.128. The number of hydrogen-bond acceptors (Lipinski definition) is 4. The Hall–Kier alpha value is -2.29. The summed E-state index contributed by atoms with van der Waals surface area (Å²) < 4.78 is 46.1. The van der Waals surface area contributed by atoms with E-state index in [0.717, 1.165) is 6.07 Å². The number of nitrogens with one attached hydrogen (secondary N) is 1. The Kier molecular flexibility index (Phi) is 5.59. The summed E-state index contributed by atoms with van der Waals surface area (Å²) in [5.74, 6) is -1.05. The number of piperidine rings is 1. The Morgan fingerprint density at radius 1 is 1.41 bits per heavy atom. The third-order valence-corrected chi connectivity index (χ3v) is 6.62. The fourth-order valence-corrected chi connectivity index (χ4v) is 4.59. The van der Waals surface area contributed by atoms with E-state index < -0.39 is 27.5 Å². The monoisotopic (exact) mass is 397 g/mol. The number of aromatic nitrogens is 1. The standard InChI is InChI=1S/C18H21F2N3O3S/c1-12-16(11-26-22-12)21-17(24)23-8-6-13(7-9-23)18(2,20)27(25)15-5-3-4-14(19)10-15/h3-5,10-11,13H,6-9H2,1-2H3,(H,21,24). The van der Waals surface area contributed by atoms with Gasteiger partial charge in [0.2, 0.25) is 0 Å². The number of carbonyl (C=O) groups excluding carboxylic acids is 1. The molecule has 2 amide bonds. The minimum atomic E-state index is -2.01. The van der Waals surface area contributed by atoms with E-state index in [2.05, 4.69) is 10.5 Å². The Morgan fingerprint density at radius 2 is 2.11 bits per heavy atom. The van der Waals surface area contributed by atoms with Gasteiger partial charge in [-0.1, -0.05) is 11.2 Å². The number of amides is 2. The van der Waals surface area contributed by atoms with Gasteiger partial charge >= 0.3 is 6.03 Å². The summed E-state index contributed by atoms with van der Waals surface area (Å²) in [6, 6.07) is 4.88. The molecule has 146 valence electrons. The second-order valence-electron chi connectivity index (χ2n) is 6.72. The molecule has 9 heteroatoms. The second-order valence-corrected chi connectivity index (χ2v) is 8.52. The van der Waals surface area contributed by atoms with Crippen LogP contribution in [-0.2, 0) is 10.8 Å². The molecule has 0 aliphatic carbocycles. The maximum atomic E-state index is 15.3. The molecule has 1 aliphatic heterocycles. The first-order valence-electron chi connectivity index (χ1n) is 8.62. The van der Waals surface area contributed by atoms with Gasteiger partial charge < -0.3 is 14.7 Å². The van der Waals surface area contributed by atoms with Gasteiger partial charge in [-0.2, -0.15) is 0 Å². The number of carbonyl (C=O) groups is 1. The van der Waals surface area contributed by atoms with Gasteiger partial charge in [-0.05, 0) is 44.9 Å². The lowest BCUT2D eigenvalue weighted by atomic mass is 9.92. The second kappa shape index (κ2) is 7.75. The van der Waals surface area contributed by atoms with E-state index >= 15 is 4.39 Å². The molecule has 27 heavy (non-hydrogen) atoms. The summed E-state index contributed by atoms with van der Waals surface area (Å²) >= 11 is 0. The quantitative estimate of drug-likeness (QED) is 0.850. The lowest BCUT2D eigenvalue weighted by Gasteiger charge is -2.37. The number of anilines is 1. The fourth-order valence-electron chi connectivity index (χ4n) is 3.17. The van der Waals surface area contributed by atoms with Crippen LogP contribution in [0.3, 0.4) is 0 Å². The van der Waals surface area contributed by atoms with Gasteiger partial charge in [-0.15, -0.1) is 0 Å². The van der Waals surface area contributed by atoms with Gasteiger partial charge in [0.1, 0.15) is 23.5 Å². The molecule has 0 radical (unpaired) electrons. The van der Waals surface area contributed by atoms with Crippen molar-refractivity contribution in [2.75, 3.05) is 18.4 Å². The molecule has 1 aromatic carbocycles. The number of alkyl halides is 1. The number of hydrogen-bond donors (Lipinski definition) is 1. The highest BCUT2D eigenvalue weighted by molar-refractivity contribution is 7.86. The maximum Gasteiger partial charge on any atom is 0.321 e. The van der Waals surface area contributed by atoms with Gasteiger partial charge in [-0.3, -0.25) is 4.21 Å². The van der Waals surface area contributed by atoms with Gasteiger partial charge in [0.15, 0.2) is 5.00 Å². The lowest BCUT2D eigenvalue weighted by molar-refractivity contribution is 0.121. The molecule has 0 spiro atoms. The van der Waals surface area contributed by atoms with Crippen LogP contribution in [0.4, 0.5) is 19.3 Å². The number of aryl methyl sites for hydroxylation is 1. The van der Waals surface area contributed by atoms with Crippen molar-refractivity contribution in [2.45, 2.75) is 36.6 Å². The molecule has 3 rings (SSSR count). The average molecular weight is 397 g/mol. The molecule has 2 aromatic rings. The van der Waals surface area contributed by atoms with E-state index in [1.165, 1.54) is 31.4 Å². The highest BCUT2D eigenvalue weighted by Gasteiger charge is 2.43. The molecule has 1 aliphatic rings. The summed E-state index contributed by atoms with van der Waals surface area (Å²) in [4.78, 5) is 14.0. The minimum Gasteiger partial charge on any atom is -0.362 e. The molecule has 2 atom stereocenters. The van der Waals surface area contributed by atoms with E-state index in [1.807, 2.05) is 0 Å². The van der Waals surface area contributed by atoms with Crippen molar-refractivity contribution in [2.24, 2.45) is 5.92 Å². The van der Waals surface area contributed by atoms with E-state index in [4.69, 9.17) is 4.52 Å². The molecule has 2 unspecified atom stereocenters. The Bertz CT molecular complexity index is 848. The SMILES string of the molecule is Cc1nocc1NC(=O)N1CCC(C(C)(F)S(=O)c2cccc(F)c2)CC1. The number of benzene rings is 1. The molecule has 1 N–H and O–H groups in total. The molecule has 0 bridgehead atoms. The van der Waals surface area contributed by atoms with Crippen LogP contribution in [0.25, 0.3) is 0 Å². The summed E-state index contributed by atoms with van der Waals surface area (Å²) in [5, 5.41) is 4.39. The molecule has 6 nitrogen and oxygen atoms in total. The molecule has 2 heterocycles. The van der Waals surface area contributed by atoms with Crippen molar-refractivity contribution in [3.63, 3.8) is 0 Å². The Balaban J connectivity index is 1.61. The number of rotatable bonds is 4. The van der Waals surface area contributed by atoms with Crippen molar-refractivity contribution in [3.05, 3.63) is 42.0 Å². The molecule has 1 aromatic heterocycles. The Labute approximate surface area is 158 Å². The van der Waals surface area contributed by atoms with Crippen molar-refractivity contribution in [1.82, 2.24) is 10.1 Å². The molecule has 1 fully saturated rings. The maximum absolute atomic E-state index is 15.3. The van der Waals surface area contributed by atoms with Crippen molar-refractivity contribution < 1.29 is 22.3 Å². The predicted octanol–water partition coefficient (Wildman–Crippen LogP) is 3.86. The van der Waals surface area contributed by atoms with Gasteiger partial charge in [0.25, 0.3) is 0 Å². The van der Waals surface area contributed by atoms with Gasteiger partial charge in [-0.25, -0.2) is 13.6 Å². The van der Waals surface area contributed by atoms with Crippen LogP contribution in [0.1, 0.15) is 25.5 Å². The van der Waals surface area contributed by atoms with Crippen LogP contribution in [0.5, 0.6) is 0 Å². The van der Waals surface area contributed by atoms with Crippen LogP contribution >= 0.6 is 0 Å². The topological polar surface area (TPSA) is 75.4 Å². The highest BCUT2D eigenvalue weighted by atomic mass is 32.2. The molecule has 0 saturated carbocycles. The largest absolute Gasteiger partial charge is 0.362 e. The molecular weight excluding hydrogens is 376 g/mol. The zero-order valence-electron chi connectivity index (χ0n) is 15.1. The lowest BCUT2D eigenvalue weighted by Crippen LogP contribution is -2.46. The zero-order chi connectivity index (χ0) is 19.6. The summed E-state index contributed by atoms with van der Waals surface area (Å²) in [6.07, 6.45) is 2.08. The van der Waals surface area contributed by atoms with Crippen LogP contribution in [-0.4, -0.2) is 38.4 Å². The molecule has 1 saturated heterocycles. The first kappa shape index (κ1) is 19.5. The highest BCUT2D eigenvalue weighted by Crippen LogP contribution is 2.37. The third-order valence-electron chi connectivity index (χ3n) is 4.88. The first-order chi connectivity index (χ1) is 12.8. The summed E-state index contributed by atoms with van der Waals surface area (Å²) in [6.45, 7) is 3.66. The Morgan fingerprint density at radius 3 is 2.70 bits per heavy atom. The normalized spacial score (nSPS) is 18.7.